The van der Waals surface area contributed by atoms with E-state index in [9.17, 15) is 14.0 Å². The number of fused-ring (bicyclic) bond motifs is 1. The molecule has 0 aromatic heterocycles. The van der Waals surface area contributed by atoms with Crippen LogP contribution in [0.15, 0.2) is 95.6 Å². The van der Waals surface area contributed by atoms with Gasteiger partial charge in [0.1, 0.15) is 5.82 Å². The van der Waals surface area contributed by atoms with Crippen LogP contribution in [-0.4, -0.2) is 29.2 Å². The van der Waals surface area contributed by atoms with E-state index in [1.807, 2.05) is 48.5 Å². The van der Waals surface area contributed by atoms with Crippen LogP contribution in [0.5, 0.6) is 0 Å². The lowest BCUT2D eigenvalue weighted by molar-refractivity contribution is -0.158. The van der Waals surface area contributed by atoms with Crippen LogP contribution >= 0.6 is 0 Å². The van der Waals surface area contributed by atoms with Gasteiger partial charge in [0, 0.05) is 5.92 Å². The van der Waals surface area contributed by atoms with E-state index in [2.05, 4.69) is 18.2 Å². The average molecular weight is 537 g/mol. The van der Waals surface area contributed by atoms with Gasteiger partial charge in [-0.15, -0.1) is 0 Å². The Kier molecular flexibility index (Phi) is 7.33. The fraction of sp³-hybridized carbons (Fsp3) is 0.324. The predicted octanol–water partition coefficient (Wildman–Crippen LogP) is 7.00. The van der Waals surface area contributed by atoms with Gasteiger partial charge in [-0.25, -0.2) is 9.40 Å². The summed E-state index contributed by atoms with van der Waals surface area (Å²) in [4.78, 5) is 27.2. The number of carbonyl (C=O) groups excluding carboxylic acids is 2. The van der Waals surface area contributed by atoms with Gasteiger partial charge in [0.2, 0.25) is 0 Å². The van der Waals surface area contributed by atoms with Crippen molar-refractivity contribution in [2.24, 2.45) is 11.0 Å². The minimum atomic E-state index is -0.919. The number of ether oxygens (including phenoxy) is 1. The molecule has 0 radical (unpaired) electrons. The fourth-order valence-corrected chi connectivity index (χ4v) is 6.65. The zero-order chi connectivity index (χ0) is 27.5. The van der Waals surface area contributed by atoms with Gasteiger partial charge in [-0.1, -0.05) is 85.6 Å². The molecule has 5 nitrogen and oxygen atoms in total. The highest BCUT2D eigenvalue weighted by Gasteiger charge is 2.46. The SMILES string of the molecule is O=C(COC(=O)C1(c2cccc(F)c2)CCCC1)N1N=C2/C(=C\c3ccccc3)CCCC2C1c1ccccc1. The number of nitrogens with zero attached hydrogens (tertiary/aromatic N) is 2. The summed E-state index contributed by atoms with van der Waals surface area (Å²) in [7, 11) is 0. The third-order valence-corrected chi connectivity index (χ3v) is 8.59. The van der Waals surface area contributed by atoms with Crippen LogP contribution in [0.4, 0.5) is 4.39 Å². The largest absolute Gasteiger partial charge is 0.455 e. The van der Waals surface area contributed by atoms with E-state index in [1.54, 1.807) is 12.1 Å². The first kappa shape index (κ1) is 26.2. The number of halogens is 1. The molecule has 3 aliphatic rings. The van der Waals surface area contributed by atoms with Crippen molar-refractivity contribution in [3.63, 3.8) is 0 Å². The number of benzene rings is 3. The molecule has 2 aliphatic carbocycles. The molecule has 40 heavy (non-hydrogen) atoms. The molecule has 2 saturated carbocycles. The normalized spacial score (nSPS) is 22.6. The summed E-state index contributed by atoms with van der Waals surface area (Å²) in [6, 6.07) is 26.1. The molecule has 1 amide bonds. The topological polar surface area (TPSA) is 59.0 Å². The number of esters is 1. The Labute approximate surface area is 234 Å². The van der Waals surface area contributed by atoms with Crippen molar-refractivity contribution in [1.82, 2.24) is 5.01 Å². The molecule has 2 unspecified atom stereocenters. The smallest absolute Gasteiger partial charge is 0.317 e. The fourth-order valence-electron chi connectivity index (χ4n) is 6.65. The first-order valence-electron chi connectivity index (χ1n) is 14.2. The Balaban J connectivity index is 1.27. The first-order valence-corrected chi connectivity index (χ1v) is 14.2. The van der Waals surface area contributed by atoms with E-state index >= 15 is 0 Å². The maximum absolute atomic E-state index is 14.1. The molecule has 3 aromatic carbocycles. The summed E-state index contributed by atoms with van der Waals surface area (Å²) in [6.07, 6.45) is 7.88. The number of carbonyl (C=O) groups is 2. The van der Waals surface area contributed by atoms with Gasteiger partial charge in [-0.2, -0.15) is 5.10 Å². The van der Waals surface area contributed by atoms with Crippen LogP contribution in [0.2, 0.25) is 0 Å². The third-order valence-electron chi connectivity index (χ3n) is 8.59. The van der Waals surface area contributed by atoms with E-state index in [4.69, 9.17) is 9.84 Å². The average Bonchev–Trinajstić information content (AvgIpc) is 3.64. The monoisotopic (exact) mass is 536 g/mol. The number of rotatable bonds is 6. The van der Waals surface area contributed by atoms with Crippen LogP contribution in [0.1, 0.15) is 67.7 Å². The maximum atomic E-state index is 14.1. The molecule has 1 heterocycles. The van der Waals surface area contributed by atoms with Crippen molar-refractivity contribution in [3.05, 3.63) is 113 Å². The second-order valence-corrected chi connectivity index (χ2v) is 11.0. The van der Waals surface area contributed by atoms with Gasteiger partial charge in [-0.3, -0.25) is 9.59 Å². The van der Waals surface area contributed by atoms with Gasteiger partial charge >= 0.3 is 5.97 Å². The van der Waals surface area contributed by atoms with Gasteiger partial charge < -0.3 is 4.74 Å². The molecular formula is C34H33FN2O3. The Morgan fingerprint density at radius 2 is 1.68 bits per heavy atom. The van der Waals surface area contributed by atoms with Crippen LogP contribution in [0.3, 0.4) is 0 Å². The standard InChI is InChI=1S/C34H33FN2O3/c35-28-17-10-16-27(22-28)34(19-7-8-20-34)33(39)40-23-30(38)37-32(25-13-5-2-6-14-25)29-18-9-15-26(31(29)36-37)21-24-11-3-1-4-12-24/h1-6,10-14,16-17,21-22,29,32H,7-9,15,18-20,23H2/b26-21-. The van der Waals surface area contributed by atoms with Crippen molar-refractivity contribution in [2.75, 3.05) is 6.61 Å². The highest BCUT2D eigenvalue weighted by molar-refractivity contribution is 6.08. The Morgan fingerprint density at radius 1 is 0.950 bits per heavy atom. The Hall–Kier alpha value is -4.06. The lowest BCUT2D eigenvalue weighted by atomic mass is 9.77. The molecule has 1 aliphatic heterocycles. The van der Waals surface area contributed by atoms with E-state index in [0.717, 1.165) is 54.5 Å². The van der Waals surface area contributed by atoms with E-state index in [0.29, 0.717) is 18.4 Å². The molecule has 6 heteroatoms. The molecule has 0 saturated heterocycles. The van der Waals surface area contributed by atoms with Gasteiger partial charge in [0.25, 0.3) is 5.91 Å². The zero-order valence-electron chi connectivity index (χ0n) is 22.5. The lowest BCUT2D eigenvalue weighted by Crippen LogP contribution is -2.39. The first-order chi connectivity index (χ1) is 19.5. The quantitative estimate of drug-likeness (QED) is 0.319. The highest BCUT2D eigenvalue weighted by Crippen LogP contribution is 2.45. The van der Waals surface area contributed by atoms with Crippen LogP contribution in [0, 0.1) is 11.7 Å². The Morgan fingerprint density at radius 3 is 2.40 bits per heavy atom. The number of amides is 1. The molecule has 6 rings (SSSR count). The second-order valence-electron chi connectivity index (χ2n) is 11.0. The molecule has 2 fully saturated rings. The van der Waals surface area contributed by atoms with Crippen LogP contribution in [0.25, 0.3) is 6.08 Å². The summed E-state index contributed by atoms with van der Waals surface area (Å²) in [5.41, 5.74) is 3.90. The summed E-state index contributed by atoms with van der Waals surface area (Å²) in [6.45, 7) is -0.402. The summed E-state index contributed by atoms with van der Waals surface area (Å²) >= 11 is 0. The minimum Gasteiger partial charge on any atom is -0.455 e. The van der Waals surface area contributed by atoms with Crippen molar-refractivity contribution in [3.8, 4) is 0 Å². The number of hydrazone groups is 1. The third kappa shape index (κ3) is 4.99. The number of allylic oxidation sites excluding steroid dienone is 1. The Bertz CT molecular complexity index is 1440. The lowest BCUT2D eigenvalue weighted by Gasteiger charge is -2.30. The minimum absolute atomic E-state index is 0.0687. The molecule has 0 spiro atoms. The van der Waals surface area contributed by atoms with Crippen molar-refractivity contribution in [2.45, 2.75) is 56.4 Å². The van der Waals surface area contributed by atoms with E-state index < -0.39 is 18.0 Å². The van der Waals surface area contributed by atoms with Crippen molar-refractivity contribution in [1.29, 1.82) is 0 Å². The van der Waals surface area contributed by atoms with Crippen molar-refractivity contribution >= 4 is 23.7 Å². The molecule has 204 valence electrons. The summed E-state index contributed by atoms with van der Waals surface area (Å²) < 4.78 is 19.8. The van der Waals surface area contributed by atoms with Crippen LogP contribution in [-0.2, 0) is 19.7 Å². The molecule has 3 aromatic rings. The predicted molar refractivity (Wildman–Crippen MR) is 153 cm³/mol. The van der Waals surface area contributed by atoms with Gasteiger partial charge in [-0.05, 0) is 72.6 Å². The number of hydrogen-bond acceptors (Lipinski definition) is 4. The summed E-state index contributed by atoms with van der Waals surface area (Å²) in [5, 5.41) is 6.44. The zero-order valence-corrected chi connectivity index (χ0v) is 22.5. The second kappa shape index (κ2) is 11.2. The molecular weight excluding hydrogens is 503 g/mol. The molecule has 2 atom stereocenters. The van der Waals surface area contributed by atoms with Gasteiger partial charge in [0.15, 0.2) is 6.61 Å². The maximum Gasteiger partial charge on any atom is 0.317 e. The summed E-state index contributed by atoms with van der Waals surface area (Å²) in [5.74, 6) is -1.13. The molecule has 0 bridgehead atoms. The highest BCUT2D eigenvalue weighted by atomic mass is 19.1. The molecule has 0 N–H and O–H groups in total. The number of hydrogen-bond donors (Lipinski definition) is 0. The van der Waals surface area contributed by atoms with E-state index in [1.165, 1.54) is 17.1 Å². The van der Waals surface area contributed by atoms with Crippen LogP contribution < -0.4 is 0 Å². The van der Waals surface area contributed by atoms with Gasteiger partial charge in [0.05, 0.1) is 17.2 Å². The van der Waals surface area contributed by atoms with E-state index in [-0.39, 0.29) is 23.7 Å². The van der Waals surface area contributed by atoms with Crippen molar-refractivity contribution < 1.29 is 18.7 Å².